The van der Waals surface area contributed by atoms with Crippen LogP contribution in [0.25, 0.3) is 55.3 Å². The number of para-hydroxylation sites is 2. The Bertz CT molecular complexity index is 2130. The van der Waals surface area contributed by atoms with Gasteiger partial charge in [-0.05, 0) is 66.0 Å². The van der Waals surface area contributed by atoms with Crippen molar-refractivity contribution in [3.63, 3.8) is 0 Å². The zero-order valence-electron chi connectivity index (χ0n) is 20.9. The highest BCUT2D eigenvalue weighted by atomic mass is 16.3. The lowest BCUT2D eigenvalue weighted by Gasteiger charge is -2.25. The Morgan fingerprint density at radius 1 is 0.487 bits per heavy atom. The molecule has 8 aromatic rings. The molecule has 0 aliphatic carbocycles. The van der Waals surface area contributed by atoms with Gasteiger partial charge in [-0.15, -0.1) is 0 Å². The van der Waals surface area contributed by atoms with Crippen LogP contribution >= 0.6 is 0 Å². The summed E-state index contributed by atoms with van der Waals surface area (Å²) < 4.78 is 12.6. The topological polar surface area (TPSA) is 42.4 Å². The number of furan rings is 1. The Morgan fingerprint density at radius 3 is 2.05 bits per heavy atom. The number of hydrogen-bond donors (Lipinski definition) is 0. The quantitative estimate of drug-likeness (QED) is 0.240. The number of oxazole rings is 1. The van der Waals surface area contributed by atoms with Crippen molar-refractivity contribution in [1.29, 1.82) is 0 Å². The van der Waals surface area contributed by atoms with E-state index in [2.05, 4.69) is 77.7 Å². The summed E-state index contributed by atoms with van der Waals surface area (Å²) in [5, 5.41) is 4.35. The van der Waals surface area contributed by atoms with E-state index in [1.807, 2.05) is 60.7 Å². The minimum atomic E-state index is 0.624. The second-order valence-electron chi connectivity index (χ2n) is 9.65. The van der Waals surface area contributed by atoms with Crippen LogP contribution in [-0.4, -0.2) is 4.98 Å². The molecule has 39 heavy (non-hydrogen) atoms. The van der Waals surface area contributed by atoms with Gasteiger partial charge in [0.05, 0.1) is 0 Å². The fourth-order valence-electron chi connectivity index (χ4n) is 5.41. The van der Waals surface area contributed by atoms with Gasteiger partial charge in [0.2, 0.25) is 5.89 Å². The van der Waals surface area contributed by atoms with Crippen molar-refractivity contribution in [1.82, 2.24) is 4.98 Å². The Balaban J connectivity index is 1.33. The summed E-state index contributed by atoms with van der Waals surface area (Å²) in [5.74, 6) is 0.624. The van der Waals surface area contributed by atoms with Gasteiger partial charge in [-0.25, -0.2) is 4.98 Å². The lowest BCUT2D eigenvalue weighted by molar-refractivity contribution is 0.623. The Labute approximate surface area is 224 Å². The summed E-state index contributed by atoms with van der Waals surface area (Å²) in [7, 11) is 0. The van der Waals surface area contributed by atoms with Crippen LogP contribution < -0.4 is 4.90 Å². The van der Waals surface area contributed by atoms with E-state index in [0.29, 0.717) is 5.89 Å². The lowest BCUT2D eigenvalue weighted by atomic mass is 10.1. The van der Waals surface area contributed by atoms with Crippen LogP contribution in [0.3, 0.4) is 0 Å². The maximum Gasteiger partial charge on any atom is 0.227 e. The molecule has 0 saturated heterocycles. The van der Waals surface area contributed by atoms with E-state index in [1.165, 1.54) is 0 Å². The third kappa shape index (κ3) is 3.57. The van der Waals surface area contributed by atoms with E-state index in [-0.39, 0.29) is 0 Å². The second kappa shape index (κ2) is 8.61. The molecule has 0 radical (unpaired) electrons. The van der Waals surface area contributed by atoms with Gasteiger partial charge in [-0.1, -0.05) is 66.7 Å². The van der Waals surface area contributed by atoms with E-state index in [0.717, 1.165) is 66.4 Å². The van der Waals surface area contributed by atoms with Gasteiger partial charge in [0.1, 0.15) is 16.7 Å². The van der Waals surface area contributed by atoms with Crippen LogP contribution in [0.1, 0.15) is 0 Å². The summed E-state index contributed by atoms with van der Waals surface area (Å²) in [4.78, 5) is 7.04. The maximum absolute atomic E-state index is 6.36. The molecule has 184 valence electrons. The standard InChI is InChI=1S/C35H22N2O2/c1-3-9-24(10-4-1)35-36-31-20-16-23-15-17-26(21-30(23)34(31)39-35)37(25-11-5-2-6-12-25)27-18-19-29-28-13-7-8-14-32(28)38-33(29)22-27/h1-22H. The molecule has 0 aliphatic heterocycles. The highest BCUT2D eigenvalue weighted by Gasteiger charge is 2.17. The minimum Gasteiger partial charge on any atom is -0.456 e. The van der Waals surface area contributed by atoms with Crippen LogP contribution in [0.15, 0.2) is 142 Å². The number of rotatable bonds is 4. The van der Waals surface area contributed by atoms with E-state index in [4.69, 9.17) is 13.8 Å². The molecule has 0 unspecified atom stereocenters. The number of fused-ring (bicyclic) bond motifs is 6. The van der Waals surface area contributed by atoms with Gasteiger partial charge in [-0.2, -0.15) is 0 Å². The van der Waals surface area contributed by atoms with E-state index in [9.17, 15) is 0 Å². The fourth-order valence-corrected chi connectivity index (χ4v) is 5.41. The third-order valence-corrected chi connectivity index (χ3v) is 7.27. The molecule has 2 aromatic heterocycles. The molecule has 0 N–H and O–H groups in total. The van der Waals surface area contributed by atoms with Crippen molar-refractivity contribution in [2.24, 2.45) is 0 Å². The highest BCUT2D eigenvalue weighted by molar-refractivity contribution is 6.07. The van der Waals surface area contributed by atoms with Crippen LogP contribution in [0.4, 0.5) is 17.1 Å². The van der Waals surface area contributed by atoms with Gasteiger partial charge in [0.25, 0.3) is 0 Å². The Hall–Kier alpha value is -5.35. The zero-order chi connectivity index (χ0) is 25.8. The molecule has 0 spiro atoms. The van der Waals surface area contributed by atoms with Crippen LogP contribution in [0.5, 0.6) is 0 Å². The fraction of sp³-hybridized carbons (Fsp3) is 0. The van der Waals surface area contributed by atoms with Gasteiger partial charge in [0.15, 0.2) is 5.58 Å². The molecule has 0 aliphatic rings. The van der Waals surface area contributed by atoms with Crippen molar-refractivity contribution >= 4 is 60.9 Å². The Morgan fingerprint density at radius 2 is 1.18 bits per heavy atom. The molecular weight excluding hydrogens is 480 g/mol. The lowest BCUT2D eigenvalue weighted by Crippen LogP contribution is -2.09. The summed E-state index contributed by atoms with van der Waals surface area (Å²) in [6.45, 7) is 0. The predicted molar refractivity (Wildman–Crippen MR) is 159 cm³/mol. The van der Waals surface area contributed by atoms with Crippen molar-refractivity contribution in [3.05, 3.63) is 133 Å². The van der Waals surface area contributed by atoms with Crippen molar-refractivity contribution in [3.8, 4) is 11.5 Å². The van der Waals surface area contributed by atoms with Gasteiger partial charge in [-0.3, -0.25) is 0 Å². The minimum absolute atomic E-state index is 0.624. The molecule has 0 saturated carbocycles. The number of anilines is 3. The molecule has 0 bridgehead atoms. The van der Waals surface area contributed by atoms with E-state index >= 15 is 0 Å². The average molecular weight is 503 g/mol. The monoisotopic (exact) mass is 502 g/mol. The number of benzene rings is 6. The number of hydrogen-bond acceptors (Lipinski definition) is 4. The molecule has 6 aromatic carbocycles. The van der Waals surface area contributed by atoms with Gasteiger partial charge in [0, 0.05) is 44.9 Å². The summed E-state index contributed by atoms with van der Waals surface area (Å²) in [5.41, 5.74) is 7.44. The van der Waals surface area contributed by atoms with Gasteiger partial charge < -0.3 is 13.7 Å². The van der Waals surface area contributed by atoms with Crippen molar-refractivity contribution in [2.75, 3.05) is 4.90 Å². The average Bonchev–Trinajstić information content (AvgIpc) is 3.60. The largest absolute Gasteiger partial charge is 0.456 e. The highest BCUT2D eigenvalue weighted by Crippen LogP contribution is 2.40. The van der Waals surface area contributed by atoms with Gasteiger partial charge >= 0.3 is 0 Å². The first-order chi connectivity index (χ1) is 19.3. The van der Waals surface area contributed by atoms with Crippen LogP contribution in [0.2, 0.25) is 0 Å². The number of nitrogens with zero attached hydrogens (tertiary/aromatic N) is 2. The van der Waals surface area contributed by atoms with Crippen molar-refractivity contribution < 1.29 is 8.83 Å². The first kappa shape index (κ1) is 21.7. The third-order valence-electron chi connectivity index (χ3n) is 7.27. The van der Waals surface area contributed by atoms with E-state index in [1.54, 1.807) is 0 Å². The molecule has 2 heterocycles. The molecule has 0 atom stereocenters. The second-order valence-corrected chi connectivity index (χ2v) is 9.65. The predicted octanol–water partition coefficient (Wildman–Crippen LogP) is 10.0. The molecule has 4 heteroatoms. The van der Waals surface area contributed by atoms with Crippen molar-refractivity contribution in [2.45, 2.75) is 0 Å². The molecule has 0 amide bonds. The van der Waals surface area contributed by atoms with Crippen LogP contribution in [-0.2, 0) is 0 Å². The first-order valence-electron chi connectivity index (χ1n) is 13.0. The normalized spacial score (nSPS) is 11.6. The summed E-state index contributed by atoms with van der Waals surface area (Å²) >= 11 is 0. The molecule has 8 rings (SSSR count). The SMILES string of the molecule is c1ccc(-c2nc3ccc4ccc(N(c5ccccc5)c5ccc6c(c5)oc5ccccc56)cc4c3o2)cc1. The number of aromatic nitrogens is 1. The molecular formula is C35H22N2O2. The smallest absolute Gasteiger partial charge is 0.227 e. The zero-order valence-corrected chi connectivity index (χ0v) is 20.9. The van der Waals surface area contributed by atoms with Crippen LogP contribution in [0, 0.1) is 0 Å². The molecule has 4 nitrogen and oxygen atoms in total. The first-order valence-corrected chi connectivity index (χ1v) is 13.0. The van der Waals surface area contributed by atoms with E-state index < -0.39 is 0 Å². The Kier molecular flexibility index (Phi) is 4.79. The summed E-state index contributed by atoms with van der Waals surface area (Å²) in [6.07, 6.45) is 0. The maximum atomic E-state index is 6.36. The molecule has 0 fully saturated rings. The summed E-state index contributed by atoms with van der Waals surface area (Å²) in [6, 6.07) is 45.6.